The Kier molecular flexibility index (Phi) is 5.86. The van der Waals surface area contributed by atoms with Gasteiger partial charge in [-0.15, -0.1) is 0 Å². The Bertz CT molecular complexity index is 821. The van der Waals surface area contributed by atoms with Gasteiger partial charge in [0.2, 0.25) is 5.95 Å². The van der Waals surface area contributed by atoms with E-state index in [9.17, 15) is 0 Å². The molecule has 0 aliphatic rings. The van der Waals surface area contributed by atoms with Crippen molar-refractivity contribution in [1.29, 1.82) is 0 Å². The maximum atomic E-state index is 6.22. The van der Waals surface area contributed by atoms with E-state index in [2.05, 4.69) is 27.5 Å². The molecule has 0 radical (unpaired) electrons. The zero-order valence-corrected chi connectivity index (χ0v) is 14.9. The van der Waals surface area contributed by atoms with Gasteiger partial charge in [-0.05, 0) is 18.1 Å². The summed E-state index contributed by atoms with van der Waals surface area (Å²) in [5.41, 5.74) is 2.96. The van der Waals surface area contributed by atoms with Crippen LogP contribution in [0.1, 0.15) is 18.9 Å². The Labute approximate surface area is 153 Å². The first kappa shape index (κ1) is 17.2. The highest BCUT2D eigenvalue weighted by Gasteiger charge is 2.07. The Morgan fingerprint density at radius 2 is 1.68 bits per heavy atom. The normalized spacial score (nSPS) is 10.5. The van der Waals surface area contributed by atoms with Gasteiger partial charge < -0.3 is 10.6 Å². The predicted octanol–water partition coefficient (Wildman–Crippen LogP) is 5.23. The van der Waals surface area contributed by atoms with E-state index in [0.717, 1.165) is 40.6 Å². The summed E-state index contributed by atoms with van der Waals surface area (Å²) in [4.78, 5) is 9.22. The molecule has 1 heterocycles. The van der Waals surface area contributed by atoms with Crippen molar-refractivity contribution in [3.8, 4) is 11.3 Å². The third-order valence-corrected chi connectivity index (χ3v) is 4.12. The van der Waals surface area contributed by atoms with Gasteiger partial charge in [0.1, 0.15) is 5.82 Å². The summed E-state index contributed by atoms with van der Waals surface area (Å²) in [7, 11) is 0. The highest BCUT2D eigenvalue weighted by Crippen LogP contribution is 2.22. The highest BCUT2D eigenvalue weighted by atomic mass is 35.5. The molecule has 25 heavy (non-hydrogen) atoms. The number of rotatable bonds is 7. The second kappa shape index (κ2) is 8.49. The summed E-state index contributed by atoms with van der Waals surface area (Å²) in [5.74, 6) is 1.40. The summed E-state index contributed by atoms with van der Waals surface area (Å²) in [6, 6.07) is 19.8. The van der Waals surface area contributed by atoms with E-state index < -0.39 is 0 Å². The summed E-state index contributed by atoms with van der Waals surface area (Å²) in [6.07, 6.45) is 1.03. The SMILES string of the molecule is CCCNc1cc(-c2ccccc2)nc(NCc2ccccc2Cl)n1. The third kappa shape index (κ3) is 4.70. The lowest BCUT2D eigenvalue weighted by molar-refractivity contribution is 0.962. The topological polar surface area (TPSA) is 49.8 Å². The van der Waals surface area contributed by atoms with Gasteiger partial charge in [0.15, 0.2) is 0 Å². The summed E-state index contributed by atoms with van der Waals surface area (Å²) in [5, 5.41) is 7.35. The van der Waals surface area contributed by atoms with E-state index in [1.54, 1.807) is 0 Å². The van der Waals surface area contributed by atoms with Crippen LogP contribution in [0.3, 0.4) is 0 Å². The van der Waals surface area contributed by atoms with Crippen LogP contribution in [0.5, 0.6) is 0 Å². The first-order valence-corrected chi connectivity index (χ1v) is 8.79. The molecular weight excluding hydrogens is 332 g/mol. The van der Waals surface area contributed by atoms with Gasteiger partial charge in [0, 0.05) is 29.7 Å². The van der Waals surface area contributed by atoms with Crippen LogP contribution in [-0.4, -0.2) is 16.5 Å². The van der Waals surface area contributed by atoms with Crippen molar-refractivity contribution in [3.05, 3.63) is 71.2 Å². The van der Waals surface area contributed by atoms with Crippen LogP contribution in [0.25, 0.3) is 11.3 Å². The van der Waals surface area contributed by atoms with Crippen molar-refractivity contribution in [1.82, 2.24) is 9.97 Å². The number of anilines is 2. The van der Waals surface area contributed by atoms with E-state index in [-0.39, 0.29) is 0 Å². The van der Waals surface area contributed by atoms with E-state index in [1.165, 1.54) is 0 Å². The van der Waals surface area contributed by atoms with Gasteiger partial charge >= 0.3 is 0 Å². The van der Waals surface area contributed by atoms with Crippen molar-refractivity contribution in [2.24, 2.45) is 0 Å². The van der Waals surface area contributed by atoms with E-state index in [1.807, 2.05) is 60.7 Å². The first-order chi connectivity index (χ1) is 12.3. The lowest BCUT2D eigenvalue weighted by Gasteiger charge is -2.11. The zero-order valence-electron chi connectivity index (χ0n) is 14.2. The fraction of sp³-hybridized carbons (Fsp3) is 0.200. The van der Waals surface area contributed by atoms with Crippen molar-refractivity contribution in [2.75, 3.05) is 17.2 Å². The van der Waals surface area contributed by atoms with Crippen LogP contribution in [0.15, 0.2) is 60.7 Å². The average molecular weight is 353 g/mol. The largest absolute Gasteiger partial charge is 0.370 e. The minimum atomic E-state index is 0.575. The number of benzene rings is 2. The molecule has 0 fully saturated rings. The van der Waals surface area contributed by atoms with E-state index >= 15 is 0 Å². The Morgan fingerprint density at radius 1 is 0.920 bits per heavy atom. The molecule has 2 aromatic carbocycles. The van der Waals surface area contributed by atoms with Crippen LogP contribution >= 0.6 is 11.6 Å². The molecule has 5 heteroatoms. The van der Waals surface area contributed by atoms with E-state index in [0.29, 0.717) is 12.5 Å². The van der Waals surface area contributed by atoms with Crippen LogP contribution in [0.4, 0.5) is 11.8 Å². The summed E-state index contributed by atoms with van der Waals surface area (Å²) in [6.45, 7) is 3.57. The van der Waals surface area contributed by atoms with Gasteiger partial charge in [-0.3, -0.25) is 0 Å². The number of aromatic nitrogens is 2. The lowest BCUT2D eigenvalue weighted by atomic mass is 10.1. The molecule has 1 aromatic heterocycles. The Balaban J connectivity index is 1.85. The van der Waals surface area contributed by atoms with Crippen molar-refractivity contribution in [3.63, 3.8) is 0 Å². The number of hydrogen-bond acceptors (Lipinski definition) is 4. The molecule has 0 aliphatic carbocycles. The van der Waals surface area contributed by atoms with Crippen molar-refractivity contribution < 1.29 is 0 Å². The smallest absolute Gasteiger partial charge is 0.225 e. The molecule has 0 spiro atoms. The fourth-order valence-electron chi connectivity index (χ4n) is 2.44. The molecule has 0 aliphatic heterocycles. The molecule has 3 rings (SSSR count). The van der Waals surface area contributed by atoms with Crippen LogP contribution in [0.2, 0.25) is 5.02 Å². The molecular formula is C20H21ClN4. The second-order valence-corrected chi connectivity index (χ2v) is 6.11. The molecule has 128 valence electrons. The highest BCUT2D eigenvalue weighted by molar-refractivity contribution is 6.31. The van der Waals surface area contributed by atoms with Crippen LogP contribution < -0.4 is 10.6 Å². The molecule has 2 N–H and O–H groups in total. The minimum absolute atomic E-state index is 0.575. The number of nitrogens with one attached hydrogen (secondary N) is 2. The van der Waals surface area contributed by atoms with Gasteiger partial charge in [0.25, 0.3) is 0 Å². The first-order valence-electron chi connectivity index (χ1n) is 8.42. The maximum absolute atomic E-state index is 6.22. The van der Waals surface area contributed by atoms with Crippen molar-refractivity contribution in [2.45, 2.75) is 19.9 Å². The van der Waals surface area contributed by atoms with Gasteiger partial charge in [-0.25, -0.2) is 4.98 Å². The quantitative estimate of drug-likeness (QED) is 0.611. The molecule has 0 amide bonds. The Hall–Kier alpha value is -2.59. The number of hydrogen-bond donors (Lipinski definition) is 2. The molecule has 4 nitrogen and oxygen atoms in total. The third-order valence-electron chi connectivity index (χ3n) is 3.75. The molecule has 0 unspecified atom stereocenters. The maximum Gasteiger partial charge on any atom is 0.225 e. The van der Waals surface area contributed by atoms with Gasteiger partial charge in [-0.2, -0.15) is 4.98 Å². The van der Waals surface area contributed by atoms with Crippen LogP contribution in [-0.2, 0) is 6.54 Å². The van der Waals surface area contributed by atoms with Gasteiger partial charge in [0.05, 0.1) is 5.69 Å². The van der Waals surface area contributed by atoms with Gasteiger partial charge in [-0.1, -0.05) is 67.1 Å². The zero-order chi connectivity index (χ0) is 17.5. The average Bonchev–Trinajstić information content (AvgIpc) is 2.66. The van der Waals surface area contributed by atoms with Crippen molar-refractivity contribution >= 4 is 23.4 Å². The molecule has 3 aromatic rings. The molecule has 0 saturated heterocycles. The fourth-order valence-corrected chi connectivity index (χ4v) is 2.65. The minimum Gasteiger partial charge on any atom is -0.370 e. The Morgan fingerprint density at radius 3 is 2.44 bits per heavy atom. The summed E-state index contributed by atoms with van der Waals surface area (Å²) >= 11 is 6.22. The van der Waals surface area contributed by atoms with E-state index in [4.69, 9.17) is 11.6 Å². The number of halogens is 1. The second-order valence-electron chi connectivity index (χ2n) is 5.70. The lowest BCUT2D eigenvalue weighted by Crippen LogP contribution is -2.08. The monoisotopic (exact) mass is 352 g/mol. The predicted molar refractivity (Wildman–Crippen MR) is 105 cm³/mol. The standard InChI is InChI=1S/C20H21ClN4/c1-2-12-22-19-13-18(15-8-4-3-5-9-15)24-20(25-19)23-14-16-10-6-7-11-17(16)21/h3-11,13H,2,12,14H2,1H3,(H2,22,23,24,25). The molecule has 0 saturated carbocycles. The molecule has 0 atom stereocenters. The molecule has 0 bridgehead atoms. The van der Waals surface area contributed by atoms with Crippen LogP contribution in [0, 0.1) is 0 Å². The number of nitrogens with zero attached hydrogens (tertiary/aromatic N) is 2. The summed E-state index contributed by atoms with van der Waals surface area (Å²) < 4.78 is 0.